The number of rotatable bonds is 4. The fourth-order valence-electron chi connectivity index (χ4n) is 3.95. The van der Waals surface area contributed by atoms with E-state index in [2.05, 4.69) is 64.2 Å². The number of fused-ring (bicyclic) bond motifs is 1. The Labute approximate surface area is 218 Å². The Morgan fingerprint density at radius 3 is 2.54 bits per heavy atom. The first-order chi connectivity index (χ1) is 16.9. The highest BCUT2D eigenvalue weighted by Gasteiger charge is 2.17. The average Bonchev–Trinajstić information content (AvgIpc) is 2.85. The van der Waals surface area contributed by atoms with Crippen LogP contribution in [0.25, 0.3) is 22.2 Å². The molecule has 178 valence electrons. The van der Waals surface area contributed by atoms with Crippen LogP contribution in [0.15, 0.2) is 72.8 Å². The highest BCUT2D eigenvalue weighted by atomic mass is 79.9. The zero-order valence-corrected chi connectivity index (χ0v) is 22.0. The number of benzene rings is 2. The third kappa shape index (κ3) is 5.14. The van der Waals surface area contributed by atoms with E-state index >= 15 is 0 Å². The van der Waals surface area contributed by atoms with E-state index in [0.29, 0.717) is 26.8 Å². The Balaban J connectivity index is 1.35. The van der Waals surface area contributed by atoms with Crippen molar-refractivity contribution < 1.29 is 9.21 Å². The second kappa shape index (κ2) is 9.88. The Morgan fingerprint density at radius 1 is 1.00 bits per heavy atom. The van der Waals surface area contributed by atoms with E-state index in [0.717, 1.165) is 42.0 Å². The van der Waals surface area contributed by atoms with E-state index in [-0.39, 0.29) is 5.56 Å². The molecular formula is C25H21Br2N5O3. The minimum absolute atomic E-state index is 0.0794. The van der Waals surface area contributed by atoms with Crippen LogP contribution in [0.4, 0.5) is 11.5 Å². The Hall–Kier alpha value is -3.08. The molecule has 0 saturated carbocycles. The number of nitrogens with zero attached hydrogens (tertiary/aromatic N) is 4. The maximum atomic E-state index is 12.9. The van der Waals surface area contributed by atoms with Crippen molar-refractivity contribution in [2.24, 2.45) is 0 Å². The summed E-state index contributed by atoms with van der Waals surface area (Å²) >= 11 is 6.79. The molecule has 1 saturated heterocycles. The molecule has 2 aromatic carbocycles. The first-order valence-electron chi connectivity index (χ1n) is 11.0. The summed E-state index contributed by atoms with van der Waals surface area (Å²) in [5.41, 5.74) is 1.63. The van der Waals surface area contributed by atoms with Crippen LogP contribution in [0.2, 0.25) is 0 Å². The van der Waals surface area contributed by atoms with Crippen LogP contribution >= 0.6 is 31.9 Å². The van der Waals surface area contributed by atoms with Crippen LogP contribution in [0.3, 0.4) is 0 Å². The maximum absolute atomic E-state index is 12.9. The summed E-state index contributed by atoms with van der Waals surface area (Å²) in [7, 11) is 2.11. The molecule has 8 nitrogen and oxygen atoms in total. The lowest BCUT2D eigenvalue weighted by Gasteiger charge is -2.32. The van der Waals surface area contributed by atoms with Crippen LogP contribution in [0, 0.1) is 0 Å². The number of anilines is 2. The molecule has 2 aromatic heterocycles. The smallest absolute Gasteiger partial charge is 0.349 e. The molecule has 0 atom stereocenters. The molecule has 0 unspecified atom stereocenters. The molecule has 1 fully saturated rings. The topological polar surface area (TPSA) is 91.6 Å². The number of carbonyl (C=O) groups is 1. The van der Waals surface area contributed by atoms with Gasteiger partial charge in [-0.3, -0.25) is 4.79 Å². The number of aromatic nitrogens is 2. The van der Waals surface area contributed by atoms with Crippen LogP contribution in [-0.2, 0) is 0 Å². The summed E-state index contributed by atoms with van der Waals surface area (Å²) in [4.78, 5) is 29.9. The number of hydrogen-bond donors (Lipinski definition) is 1. The molecule has 5 rings (SSSR count). The Kier molecular flexibility index (Phi) is 6.68. The molecule has 10 heteroatoms. The number of nitrogens with one attached hydrogen (secondary N) is 1. The molecule has 0 aliphatic carbocycles. The number of hydrogen-bond acceptors (Lipinski definition) is 7. The van der Waals surface area contributed by atoms with Gasteiger partial charge in [-0.15, -0.1) is 10.2 Å². The SMILES string of the molecule is CN1CCN(c2ccc(-c3cccc(NC(=O)c4cc5cc(Br)cc(Br)c5oc4=O)c3)nn2)CC1. The Morgan fingerprint density at radius 2 is 1.80 bits per heavy atom. The summed E-state index contributed by atoms with van der Waals surface area (Å²) in [6.07, 6.45) is 0. The van der Waals surface area contributed by atoms with E-state index in [4.69, 9.17) is 4.42 Å². The number of halogens is 2. The number of amides is 1. The van der Waals surface area contributed by atoms with Gasteiger partial charge in [0.25, 0.3) is 5.91 Å². The predicted octanol–water partition coefficient (Wildman–Crippen LogP) is 4.78. The fraction of sp³-hybridized carbons (Fsp3) is 0.200. The summed E-state index contributed by atoms with van der Waals surface area (Å²) in [6, 6.07) is 16.2. The lowest BCUT2D eigenvalue weighted by atomic mass is 10.1. The monoisotopic (exact) mass is 597 g/mol. The van der Waals surface area contributed by atoms with Crippen molar-refractivity contribution in [3.8, 4) is 11.3 Å². The third-order valence-electron chi connectivity index (χ3n) is 5.89. The summed E-state index contributed by atoms with van der Waals surface area (Å²) in [6.45, 7) is 3.83. The van der Waals surface area contributed by atoms with E-state index < -0.39 is 11.5 Å². The van der Waals surface area contributed by atoms with E-state index in [1.165, 1.54) is 6.07 Å². The van der Waals surface area contributed by atoms with Crippen LogP contribution in [0.1, 0.15) is 10.4 Å². The van der Waals surface area contributed by atoms with Gasteiger partial charge in [-0.1, -0.05) is 28.1 Å². The van der Waals surface area contributed by atoms with Crippen molar-refractivity contribution in [3.05, 3.63) is 79.5 Å². The molecule has 0 bridgehead atoms. The lowest BCUT2D eigenvalue weighted by Crippen LogP contribution is -2.44. The van der Waals surface area contributed by atoms with E-state index in [1.807, 2.05) is 24.3 Å². The van der Waals surface area contributed by atoms with E-state index in [1.54, 1.807) is 24.3 Å². The zero-order valence-electron chi connectivity index (χ0n) is 18.8. The van der Waals surface area contributed by atoms with Crippen molar-refractivity contribution in [2.75, 3.05) is 43.4 Å². The highest BCUT2D eigenvalue weighted by Crippen LogP contribution is 2.28. The van der Waals surface area contributed by atoms with Crippen molar-refractivity contribution in [2.45, 2.75) is 0 Å². The van der Waals surface area contributed by atoms with Gasteiger partial charge in [0.1, 0.15) is 5.56 Å². The van der Waals surface area contributed by atoms with Gasteiger partial charge in [-0.25, -0.2) is 4.79 Å². The molecule has 4 aromatic rings. The molecule has 0 spiro atoms. The molecule has 1 N–H and O–H groups in total. The Bertz CT molecular complexity index is 1460. The van der Waals surface area contributed by atoms with Crippen molar-refractivity contribution >= 4 is 60.2 Å². The molecule has 0 radical (unpaired) electrons. The average molecular weight is 599 g/mol. The fourth-order valence-corrected chi connectivity index (χ4v) is 5.29. The third-order valence-corrected chi connectivity index (χ3v) is 6.94. The maximum Gasteiger partial charge on any atom is 0.349 e. The number of piperazine rings is 1. The van der Waals surface area contributed by atoms with Crippen LogP contribution in [0.5, 0.6) is 0 Å². The van der Waals surface area contributed by atoms with Crippen LogP contribution < -0.4 is 15.8 Å². The summed E-state index contributed by atoms with van der Waals surface area (Å²) in [5.74, 6) is 0.304. The zero-order chi connectivity index (χ0) is 24.5. The summed E-state index contributed by atoms with van der Waals surface area (Å²) in [5, 5.41) is 12.2. The van der Waals surface area contributed by atoms with E-state index in [9.17, 15) is 9.59 Å². The van der Waals surface area contributed by atoms with Crippen molar-refractivity contribution in [1.29, 1.82) is 0 Å². The lowest BCUT2D eigenvalue weighted by molar-refractivity contribution is 0.102. The normalized spacial score (nSPS) is 14.3. The molecular weight excluding hydrogens is 578 g/mol. The summed E-state index contributed by atoms with van der Waals surface area (Å²) < 4.78 is 6.81. The van der Waals surface area contributed by atoms with Crippen LogP contribution in [-0.4, -0.2) is 54.2 Å². The first kappa shape index (κ1) is 23.7. The molecule has 1 aliphatic rings. The molecule has 3 heterocycles. The van der Waals surface area contributed by atoms with Gasteiger partial charge in [0.2, 0.25) is 0 Å². The minimum atomic E-state index is -0.709. The quantitative estimate of drug-likeness (QED) is 0.338. The minimum Gasteiger partial charge on any atom is -0.421 e. The van der Waals surface area contributed by atoms with Gasteiger partial charge in [-0.05, 0) is 65.4 Å². The largest absolute Gasteiger partial charge is 0.421 e. The molecule has 35 heavy (non-hydrogen) atoms. The second-order valence-electron chi connectivity index (χ2n) is 8.36. The van der Waals surface area contributed by atoms with Gasteiger partial charge >= 0.3 is 5.63 Å². The predicted molar refractivity (Wildman–Crippen MR) is 143 cm³/mol. The van der Waals surface area contributed by atoms with Crippen molar-refractivity contribution in [1.82, 2.24) is 15.1 Å². The standard InChI is InChI=1S/C25H21Br2N5O3/c1-31-7-9-32(10-8-31)22-6-5-21(29-30-22)15-3-2-4-18(12-15)28-24(33)19-13-16-11-17(26)14-20(27)23(16)35-25(19)34/h2-6,11-14H,7-10H2,1H3,(H,28,33). The first-order valence-corrected chi connectivity index (χ1v) is 12.6. The number of carbonyl (C=O) groups excluding carboxylic acids is 1. The van der Waals surface area contributed by atoms with Gasteiger partial charge < -0.3 is 19.5 Å². The van der Waals surface area contributed by atoms with Crippen molar-refractivity contribution in [3.63, 3.8) is 0 Å². The molecule has 1 amide bonds. The second-order valence-corrected chi connectivity index (χ2v) is 10.1. The van der Waals surface area contributed by atoms with Gasteiger partial charge in [0, 0.05) is 47.3 Å². The van der Waals surface area contributed by atoms with Gasteiger partial charge in [0.05, 0.1) is 10.2 Å². The van der Waals surface area contributed by atoms with Gasteiger partial charge in [-0.2, -0.15) is 0 Å². The highest BCUT2D eigenvalue weighted by molar-refractivity contribution is 9.11. The van der Waals surface area contributed by atoms with Gasteiger partial charge in [0.15, 0.2) is 11.4 Å². The number of likely N-dealkylation sites (N-methyl/N-ethyl adjacent to an activating group) is 1. The molecule has 1 aliphatic heterocycles.